The molecule has 0 heterocycles. The molecule has 0 saturated carbocycles. The fourth-order valence-electron chi connectivity index (χ4n) is 0.368. The van der Waals surface area contributed by atoms with Crippen molar-refractivity contribution in [2.45, 2.75) is 12.6 Å². The Hall–Kier alpha value is -1.17. The maximum atomic E-state index is 10.3. The van der Waals surface area contributed by atoms with Crippen molar-refractivity contribution in [3.63, 3.8) is 0 Å². The molecule has 0 amide bonds. The number of aliphatic hydroxyl groups excluding tert-OH is 1. The van der Waals surface area contributed by atoms with Crippen molar-refractivity contribution >= 4 is 5.97 Å². The third-order valence-electron chi connectivity index (χ3n) is 0.809. The van der Waals surface area contributed by atoms with Gasteiger partial charge in [-0.1, -0.05) is 4.86 Å². The van der Waals surface area contributed by atoms with Crippen molar-refractivity contribution in [3.05, 3.63) is 5.21 Å². The molecule has 2 N–H and O–H groups in total. The Balaban J connectivity index is 3.85. The SMILES string of the molecule is C/N=[N+](\[O-])C(O)CC(=O)O. The maximum Gasteiger partial charge on any atom is 0.313 e. The number of hydrogen-bond acceptors (Lipinski definition) is 4. The normalized spacial score (nSPS) is 14.8. The number of nitrogens with zero attached hydrogens (tertiary/aromatic N) is 2. The Labute approximate surface area is 57.0 Å². The van der Waals surface area contributed by atoms with Gasteiger partial charge in [0.25, 0.3) is 0 Å². The minimum absolute atomic E-state index is 0.0614. The van der Waals surface area contributed by atoms with Crippen LogP contribution in [0.3, 0.4) is 0 Å². The van der Waals surface area contributed by atoms with Crippen LogP contribution >= 0.6 is 0 Å². The Morgan fingerprint density at radius 1 is 1.90 bits per heavy atom. The van der Waals surface area contributed by atoms with Gasteiger partial charge in [0, 0.05) is 0 Å². The van der Waals surface area contributed by atoms with Crippen LogP contribution in [0.1, 0.15) is 6.42 Å². The number of azo groups is 1. The van der Waals surface area contributed by atoms with Gasteiger partial charge in [0.05, 0.1) is 7.05 Å². The molecule has 0 aromatic rings. The predicted molar refractivity (Wildman–Crippen MR) is 30.2 cm³/mol. The predicted octanol–water partition coefficient (Wildman–Crippen LogP) is -0.628. The molecule has 0 radical (unpaired) electrons. The molecular weight excluding hydrogens is 140 g/mol. The number of aliphatic carboxylic acids is 1. The van der Waals surface area contributed by atoms with Gasteiger partial charge in [-0.05, 0) is 5.11 Å². The van der Waals surface area contributed by atoms with Crippen LogP contribution in [-0.4, -0.2) is 34.3 Å². The van der Waals surface area contributed by atoms with Crippen molar-refractivity contribution in [1.82, 2.24) is 0 Å². The summed E-state index contributed by atoms with van der Waals surface area (Å²) in [7, 11) is 1.16. The lowest BCUT2D eigenvalue weighted by Gasteiger charge is -2.03. The quantitative estimate of drug-likeness (QED) is 0.241. The molecule has 0 aliphatic rings. The minimum Gasteiger partial charge on any atom is -0.598 e. The topological polar surface area (TPSA) is 96.0 Å². The van der Waals surface area contributed by atoms with E-state index in [2.05, 4.69) is 5.11 Å². The number of hydroxylamine groups is 1. The second kappa shape index (κ2) is 3.78. The van der Waals surface area contributed by atoms with E-state index in [1.807, 2.05) is 0 Å². The second-order valence-corrected chi connectivity index (χ2v) is 1.58. The van der Waals surface area contributed by atoms with Crippen LogP contribution in [0.4, 0.5) is 0 Å². The molecule has 0 fully saturated rings. The summed E-state index contributed by atoms with van der Waals surface area (Å²) >= 11 is 0. The zero-order valence-corrected chi connectivity index (χ0v) is 5.39. The van der Waals surface area contributed by atoms with Gasteiger partial charge in [0.1, 0.15) is 6.42 Å². The first kappa shape index (κ1) is 8.83. The highest BCUT2D eigenvalue weighted by Gasteiger charge is 2.16. The van der Waals surface area contributed by atoms with E-state index in [-0.39, 0.29) is 4.86 Å². The molecule has 58 valence electrons. The van der Waals surface area contributed by atoms with E-state index in [1.165, 1.54) is 0 Å². The van der Waals surface area contributed by atoms with E-state index in [9.17, 15) is 10.0 Å². The molecule has 1 atom stereocenters. The van der Waals surface area contributed by atoms with Crippen LogP contribution in [0.15, 0.2) is 5.11 Å². The van der Waals surface area contributed by atoms with Crippen LogP contribution in [0, 0.1) is 5.21 Å². The molecule has 0 spiro atoms. The number of carbonyl (C=O) groups is 1. The van der Waals surface area contributed by atoms with E-state index in [4.69, 9.17) is 10.2 Å². The van der Waals surface area contributed by atoms with E-state index in [1.54, 1.807) is 0 Å². The summed E-state index contributed by atoms with van der Waals surface area (Å²) in [4.78, 5) is 9.80. The number of carboxylic acids is 1. The monoisotopic (exact) mass is 148 g/mol. The second-order valence-electron chi connectivity index (χ2n) is 1.58. The molecule has 10 heavy (non-hydrogen) atoms. The van der Waals surface area contributed by atoms with Crippen molar-refractivity contribution in [2.75, 3.05) is 7.05 Å². The highest BCUT2D eigenvalue weighted by molar-refractivity contribution is 5.66. The Bertz CT molecular complexity index is 155. The minimum atomic E-state index is -1.58. The van der Waals surface area contributed by atoms with Gasteiger partial charge in [-0.25, -0.2) is 0 Å². The van der Waals surface area contributed by atoms with Gasteiger partial charge in [0.15, 0.2) is 0 Å². The lowest BCUT2D eigenvalue weighted by molar-refractivity contribution is -0.609. The Morgan fingerprint density at radius 3 is 2.70 bits per heavy atom. The summed E-state index contributed by atoms with van der Waals surface area (Å²) < 4.78 is 0. The smallest absolute Gasteiger partial charge is 0.313 e. The maximum absolute atomic E-state index is 10.3. The zero-order valence-electron chi connectivity index (χ0n) is 5.39. The summed E-state index contributed by atoms with van der Waals surface area (Å²) in [5.74, 6) is -1.24. The lowest BCUT2D eigenvalue weighted by atomic mass is 10.4. The highest BCUT2D eigenvalue weighted by atomic mass is 16.5. The average molecular weight is 148 g/mol. The number of carboxylic acid groups (broad SMARTS) is 1. The molecule has 0 rings (SSSR count). The Kier molecular flexibility index (Phi) is 3.34. The number of rotatable bonds is 3. The van der Waals surface area contributed by atoms with Crippen molar-refractivity contribution in [3.8, 4) is 0 Å². The number of hydrogen-bond donors (Lipinski definition) is 2. The summed E-state index contributed by atoms with van der Waals surface area (Å²) in [6.45, 7) is 0. The molecule has 0 aromatic heterocycles. The Morgan fingerprint density at radius 2 is 2.40 bits per heavy atom. The molecule has 0 aromatic carbocycles. The molecule has 6 heteroatoms. The van der Waals surface area contributed by atoms with Crippen LogP contribution in [0.25, 0.3) is 0 Å². The van der Waals surface area contributed by atoms with Gasteiger partial charge < -0.3 is 15.4 Å². The van der Waals surface area contributed by atoms with Gasteiger partial charge >= 0.3 is 12.2 Å². The van der Waals surface area contributed by atoms with E-state index in [0.717, 1.165) is 7.05 Å². The highest BCUT2D eigenvalue weighted by Crippen LogP contribution is 1.92. The average Bonchev–Trinajstić information content (AvgIpc) is 1.85. The van der Waals surface area contributed by atoms with Crippen molar-refractivity contribution < 1.29 is 19.9 Å². The first-order valence-electron chi connectivity index (χ1n) is 2.54. The molecule has 0 saturated heterocycles. The first-order valence-corrected chi connectivity index (χ1v) is 2.54. The standard InChI is InChI=1S/C4H8N2O4/c1-5-6(10)3(7)2-4(8)9/h3,7H,2H2,1H3,(H,8,9)/b6-5-. The van der Waals surface area contributed by atoms with E-state index < -0.39 is 18.6 Å². The van der Waals surface area contributed by atoms with Gasteiger partial charge in [-0.3, -0.25) is 4.79 Å². The van der Waals surface area contributed by atoms with Crippen LogP contribution in [0.2, 0.25) is 0 Å². The van der Waals surface area contributed by atoms with E-state index >= 15 is 0 Å². The molecule has 0 aliphatic carbocycles. The summed E-state index contributed by atoms with van der Waals surface area (Å²) in [6.07, 6.45) is -2.21. The fraction of sp³-hybridized carbons (Fsp3) is 0.750. The van der Waals surface area contributed by atoms with Crippen LogP contribution < -0.4 is 0 Å². The van der Waals surface area contributed by atoms with Crippen LogP contribution in [-0.2, 0) is 4.79 Å². The molecular formula is C4H8N2O4. The van der Waals surface area contributed by atoms with Crippen molar-refractivity contribution in [2.24, 2.45) is 5.11 Å². The fourth-order valence-corrected chi connectivity index (χ4v) is 0.368. The van der Waals surface area contributed by atoms with Gasteiger partial charge in [-0.15, -0.1) is 0 Å². The van der Waals surface area contributed by atoms with Gasteiger partial charge in [0.2, 0.25) is 0 Å². The molecule has 0 aliphatic heterocycles. The third-order valence-corrected chi connectivity index (χ3v) is 0.809. The summed E-state index contributed by atoms with van der Waals surface area (Å²) in [6, 6.07) is 0. The molecule has 0 bridgehead atoms. The lowest BCUT2D eigenvalue weighted by Crippen LogP contribution is -2.22. The molecule has 6 nitrogen and oxygen atoms in total. The first-order chi connectivity index (χ1) is 4.57. The third kappa shape index (κ3) is 2.98. The largest absolute Gasteiger partial charge is 0.598 e. The zero-order chi connectivity index (χ0) is 8.15. The van der Waals surface area contributed by atoms with Crippen LogP contribution in [0.5, 0.6) is 0 Å². The van der Waals surface area contributed by atoms with Crippen molar-refractivity contribution in [1.29, 1.82) is 0 Å². The van der Waals surface area contributed by atoms with E-state index in [0.29, 0.717) is 0 Å². The van der Waals surface area contributed by atoms with Gasteiger partial charge in [-0.2, -0.15) is 0 Å². The summed E-state index contributed by atoms with van der Waals surface area (Å²) in [5.41, 5.74) is 0. The number of aliphatic hydroxyl groups is 1. The summed E-state index contributed by atoms with van der Waals surface area (Å²) in [5, 5.41) is 30.0. The molecule has 1 unspecified atom stereocenters.